The van der Waals surface area contributed by atoms with Crippen molar-refractivity contribution in [3.8, 4) is 11.1 Å². The predicted octanol–water partition coefficient (Wildman–Crippen LogP) is 3.74. The molecule has 1 N–H and O–H groups in total. The molecule has 0 atom stereocenters. The monoisotopic (exact) mass is 507 g/mol. The van der Waals surface area contributed by atoms with Crippen molar-refractivity contribution in [3.63, 3.8) is 0 Å². The number of nitrogens with zero attached hydrogens (tertiary/aromatic N) is 3. The predicted molar refractivity (Wildman–Crippen MR) is 113 cm³/mol. The number of amides is 1. The van der Waals surface area contributed by atoms with Crippen LogP contribution in [0.2, 0.25) is 0 Å². The summed E-state index contributed by atoms with van der Waals surface area (Å²) in [7, 11) is 0. The number of rotatable bonds is 3. The van der Waals surface area contributed by atoms with Crippen molar-refractivity contribution in [2.75, 3.05) is 13.1 Å². The van der Waals surface area contributed by atoms with Gasteiger partial charge in [0.25, 0.3) is 11.5 Å². The molecule has 1 saturated heterocycles. The zero-order valence-corrected chi connectivity index (χ0v) is 18.2. The smallest absolute Gasteiger partial charge is 0.386 e. The molecule has 3 aromatic rings. The number of likely N-dealkylation sites (tertiary alicyclic amines) is 1. The highest BCUT2D eigenvalue weighted by atomic mass is 79.9. The minimum Gasteiger partial charge on any atom is -0.386 e. The van der Waals surface area contributed by atoms with Crippen LogP contribution in [0, 0.1) is 5.92 Å². The van der Waals surface area contributed by atoms with Gasteiger partial charge in [-0.25, -0.2) is 4.98 Å². The molecule has 166 valence electrons. The fourth-order valence-electron chi connectivity index (χ4n) is 4.17. The molecule has 32 heavy (non-hydrogen) atoms. The molecule has 0 unspecified atom stereocenters. The van der Waals surface area contributed by atoms with Crippen molar-refractivity contribution in [1.82, 2.24) is 14.3 Å². The van der Waals surface area contributed by atoms with Crippen LogP contribution < -0.4 is 5.56 Å². The molecule has 0 radical (unpaired) electrons. The van der Waals surface area contributed by atoms with E-state index in [-0.39, 0.29) is 17.5 Å². The lowest BCUT2D eigenvalue weighted by Gasteiger charge is -2.47. The molecule has 2 aromatic heterocycles. The minimum atomic E-state index is -4.80. The summed E-state index contributed by atoms with van der Waals surface area (Å²) in [4.78, 5) is 30.4. The number of aliphatic hydroxyl groups is 1. The Kier molecular flexibility index (Phi) is 4.72. The summed E-state index contributed by atoms with van der Waals surface area (Å²) >= 11 is 2.71. The summed E-state index contributed by atoms with van der Waals surface area (Å²) in [5.74, 6) is 0.0650. The van der Waals surface area contributed by atoms with Crippen molar-refractivity contribution >= 4 is 27.5 Å². The highest BCUT2D eigenvalue weighted by Gasteiger charge is 2.53. The zero-order valence-electron chi connectivity index (χ0n) is 16.6. The van der Waals surface area contributed by atoms with Gasteiger partial charge in [-0.2, -0.15) is 13.2 Å². The number of benzene rings is 1. The van der Waals surface area contributed by atoms with Gasteiger partial charge in [0, 0.05) is 17.3 Å². The lowest BCUT2D eigenvalue weighted by atomic mass is 9.88. The molecule has 5 rings (SSSR count). The number of carbonyl (C=O) groups excluding carboxylic acids is 1. The van der Waals surface area contributed by atoms with E-state index in [0.29, 0.717) is 29.8 Å². The second kappa shape index (κ2) is 7.14. The Morgan fingerprint density at radius 1 is 1.16 bits per heavy atom. The third kappa shape index (κ3) is 3.41. The Balaban J connectivity index is 1.47. The Bertz CT molecular complexity index is 1290. The van der Waals surface area contributed by atoms with Crippen LogP contribution in [-0.2, 0) is 6.18 Å². The molecule has 1 aliphatic heterocycles. The molecule has 2 fully saturated rings. The second-order valence-corrected chi connectivity index (χ2v) is 9.10. The van der Waals surface area contributed by atoms with Gasteiger partial charge < -0.3 is 10.0 Å². The summed E-state index contributed by atoms with van der Waals surface area (Å²) in [5.41, 5.74) is -1.81. The van der Waals surface area contributed by atoms with Crippen LogP contribution >= 0.6 is 15.9 Å². The van der Waals surface area contributed by atoms with E-state index in [0.717, 1.165) is 17.2 Å². The Hall–Kier alpha value is -2.72. The van der Waals surface area contributed by atoms with Gasteiger partial charge in [-0.3, -0.25) is 14.0 Å². The number of alkyl halides is 3. The third-order valence-electron chi connectivity index (χ3n) is 6.06. The summed E-state index contributed by atoms with van der Waals surface area (Å²) in [6.45, 7) is 0.618. The van der Waals surface area contributed by atoms with Crippen molar-refractivity contribution in [3.05, 3.63) is 68.7 Å². The third-order valence-corrected chi connectivity index (χ3v) is 6.78. The molecule has 1 amide bonds. The van der Waals surface area contributed by atoms with Crippen LogP contribution in [0.5, 0.6) is 0 Å². The second-order valence-electron chi connectivity index (χ2n) is 8.31. The van der Waals surface area contributed by atoms with Crippen LogP contribution in [0.15, 0.2) is 51.9 Å². The lowest BCUT2D eigenvalue weighted by Crippen LogP contribution is -2.64. The Morgan fingerprint density at radius 2 is 1.81 bits per heavy atom. The van der Waals surface area contributed by atoms with Crippen molar-refractivity contribution in [2.45, 2.75) is 24.6 Å². The van der Waals surface area contributed by atoms with Crippen LogP contribution in [0.3, 0.4) is 0 Å². The lowest BCUT2D eigenvalue weighted by molar-refractivity contribution is -0.141. The molecule has 1 aliphatic carbocycles. The molecule has 10 heteroatoms. The fraction of sp³-hybridized carbons (Fsp3) is 0.318. The van der Waals surface area contributed by atoms with Gasteiger partial charge in [0.05, 0.1) is 13.1 Å². The largest absolute Gasteiger partial charge is 0.434 e. The summed E-state index contributed by atoms with van der Waals surface area (Å²) < 4.78 is 40.5. The number of carbonyl (C=O) groups is 1. The van der Waals surface area contributed by atoms with E-state index in [1.807, 2.05) is 0 Å². The van der Waals surface area contributed by atoms with Crippen molar-refractivity contribution in [1.29, 1.82) is 0 Å². The van der Waals surface area contributed by atoms with Gasteiger partial charge in [0.15, 0.2) is 5.69 Å². The molecule has 0 bridgehead atoms. The maximum atomic E-state index is 13.4. The topological polar surface area (TPSA) is 74.9 Å². The Labute approximate surface area is 188 Å². The van der Waals surface area contributed by atoms with E-state index in [1.54, 1.807) is 41.3 Å². The number of hydrogen-bond donors (Lipinski definition) is 1. The number of pyridine rings is 1. The summed E-state index contributed by atoms with van der Waals surface area (Å²) in [6, 6.07) is 9.49. The molecule has 2 aliphatic rings. The van der Waals surface area contributed by atoms with Gasteiger partial charge in [0.1, 0.15) is 15.7 Å². The highest BCUT2D eigenvalue weighted by Crippen LogP contribution is 2.44. The Morgan fingerprint density at radius 3 is 2.41 bits per heavy atom. The molecular weight excluding hydrogens is 491 g/mol. The first-order valence-electron chi connectivity index (χ1n) is 9.99. The first-order valence-corrected chi connectivity index (χ1v) is 10.8. The van der Waals surface area contributed by atoms with E-state index in [9.17, 15) is 27.9 Å². The SMILES string of the molecule is O=C(c1ccc(-c2cccn3c(=O)c(Br)c(C(F)(F)F)nc23)cc1)N1CC(O)(C2CC2)C1. The molecule has 0 spiro atoms. The molecule has 6 nitrogen and oxygen atoms in total. The summed E-state index contributed by atoms with van der Waals surface area (Å²) in [5, 5.41) is 10.4. The molecule has 1 saturated carbocycles. The van der Waals surface area contributed by atoms with Gasteiger partial charge >= 0.3 is 6.18 Å². The van der Waals surface area contributed by atoms with Crippen LogP contribution in [0.1, 0.15) is 28.9 Å². The maximum Gasteiger partial charge on any atom is 0.434 e. The number of hydrogen-bond acceptors (Lipinski definition) is 4. The average molecular weight is 508 g/mol. The number of aromatic nitrogens is 2. The van der Waals surface area contributed by atoms with Gasteiger partial charge in [0.2, 0.25) is 0 Å². The van der Waals surface area contributed by atoms with Crippen molar-refractivity contribution < 1.29 is 23.1 Å². The zero-order chi connectivity index (χ0) is 22.8. The number of fused-ring (bicyclic) bond motifs is 1. The molecular formula is C22H17BrF3N3O3. The first kappa shape index (κ1) is 21.1. The highest BCUT2D eigenvalue weighted by molar-refractivity contribution is 9.10. The van der Waals surface area contributed by atoms with E-state index >= 15 is 0 Å². The standard InChI is InChI=1S/C22H17BrF3N3O3/c23-16-17(22(24,25)26)27-18-15(2-1-9-29(18)20(16)31)12-3-5-13(6-4-12)19(30)28-10-21(32,11-28)14-7-8-14/h1-6,9,14,32H,7-8,10-11H2. The number of halogens is 4. The van der Waals surface area contributed by atoms with Crippen LogP contribution in [-0.4, -0.2) is 44.0 Å². The van der Waals surface area contributed by atoms with Crippen LogP contribution in [0.25, 0.3) is 16.8 Å². The van der Waals surface area contributed by atoms with Gasteiger partial charge in [-0.05, 0) is 64.5 Å². The first-order chi connectivity index (χ1) is 15.1. The molecule has 3 heterocycles. The van der Waals surface area contributed by atoms with Crippen molar-refractivity contribution in [2.24, 2.45) is 5.92 Å². The van der Waals surface area contributed by atoms with Gasteiger partial charge in [-0.15, -0.1) is 0 Å². The average Bonchev–Trinajstić information content (AvgIpc) is 3.58. The van der Waals surface area contributed by atoms with E-state index in [1.165, 1.54) is 6.20 Å². The van der Waals surface area contributed by atoms with Crippen LogP contribution in [0.4, 0.5) is 13.2 Å². The quantitative estimate of drug-likeness (QED) is 0.585. The van der Waals surface area contributed by atoms with E-state index < -0.39 is 27.5 Å². The minimum absolute atomic E-state index is 0.135. The fourth-order valence-corrected chi connectivity index (χ4v) is 4.67. The molecule has 1 aromatic carbocycles. The van der Waals surface area contributed by atoms with E-state index in [4.69, 9.17) is 0 Å². The number of β-amino-alcohol motifs (C(OH)–C–C–N with tert-alkyl or cyclic N) is 1. The summed E-state index contributed by atoms with van der Waals surface area (Å²) in [6.07, 6.45) is -1.47. The van der Waals surface area contributed by atoms with E-state index in [2.05, 4.69) is 20.9 Å². The maximum absolute atomic E-state index is 13.4. The van der Waals surface area contributed by atoms with Gasteiger partial charge in [-0.1, -0.05) is 12.1 Å². The normalized spacial score (nSPS) is 18.0.